The summed E-state index contributed by atoms with van der Waals surface area (Å²) in [6.07, 6.45) is 4.84. The van der Waals surface area contributed by atoms with Crippen molar-refractivity contribution in [3.63, 3.8) is 0 Å². The van der Waals surface area contributed by atoms with Gasteiger partial charge in [0.2, 0.25) is 10.0 Å². The van der Waals surface area contributed by atoms with E-state index in [-0.39, 0.29) is 11.9 Å². The molecule has 0 atom stereocenters. The lowest BCUT2D eigenvalue weighted by Gasteiger charge is -2.35. The van der Waals surface area contributed by atoms with Gasteiger partial charge in [-0.25, -0.2) is 22.7 Å². The van der Waals surface area contributed by atoms with E-state index >= 15 is 0 Å². The highest BCUT2D eigenvalue weighted by Gasteiger charge is 2.37. The van der Waals surface area contributed by atoms with Gasteiger partial charge in [0.1, 0.15) is 6.33 Å². The van der Waals surface area contributed by atoms with Gasteiger partial charge in [0, 0.05) is 25.3 Å². The van der Waals surface area contributed by atoms with E-state index in [2.05, 4.69) is 15.3 Å². The standard InChI is InChI=1S/C16H26N4O3S/c1-5-14-13(10-17-11-18-14)15(21)19-12-6-8-20(9-7-12)24(22,23)16(2,3)4/h10-12H,5-9H2,1-4H3,(H,19,21). The second kappa shape index (κ2) is 7.14. The predicted molar refractivity (Wildman–Crippen MR) is 92.1 cm³/mol. The van der Waals surface area contributed by atoms with Crippen LogP contribution in [0, 0.1) is 0 Å². The summed E-state index contributed by atoms with van der Waals surface area (Å²) in [6.45, 7) is 7.91. The zero-order chi connectivity index (χ0) is 18.0. The van der Waals surface area contributed by atoms with E-state index < -0.39 is 14.8 Å². The number of carbonyl (C=O) groups excluding carboxylic acids is 1. The van der Waals surface area contributed by atoms with Crippen molar-refractivity contribution in [3.8, 4) is 0 Å². The van der Waals surface area contributed by atoms with Crippen LogP contribution in [0.25, 0.3) is 0 Å². The third-order valence-electron chi connectivity index (χ3n) is 4.28. The molecule has 7 nitrogen and oxygen atoms in total. The normalized spacial score (nSPS) is 17.7. The van der Waals surface area contributed by atoms with Crippen LogP contribution in [0.15, 0.2) is 12.5 Å². The summed E-state index contributed by atoms with van der Waals surface area (Å²) in [5, 5.41) is 2.98. The van der Waals surface area contributed by atoms with Crippen LogP contribution >= 0.6 is 0 Å². The van der Waals surface area contributed by atoms with Crippen LogP contribution < -0.4 is 5.32 Å². The number of carbonyl (C=O) groups is 1. The van der Waals surface area contributed by atoms with Gasteiger partial charge in [0.15, 0.2) is 0 Å². The average Bonchev–Trinajstić information content (AvgIpc) is 2.54. The smallest absolute Gasteiger partial charge is 0.254 e. The van der Waals surface area contributed by atoms with Gasteiger partial charge in [0.05, 0.1) is 16.0 Å². The monoisotopic (exact) mass is 354 g/mol. The minimum Gasteiger partial charge on any atom is -0.349 e. The van der Waals surface area contributed by atoms with E-state index in [0.29, 0.717) is 37.9 Å². The van der Waals surface area contributed by atoms with E-state index in [1.807, 2.05) is 6.92 Å². The lowest BCUT2D eigenvalue weighted by Crippen LogP contribution is -2.50. The molecule has 0 radical (unpaired) electrons. The summed E-state index contributed by atoms with van der Waals surface area (Å²) in [7, 11) is -3.31. The Morgan fingerprint density at radius 3 is 2.50 bits per heavy atom. The molecule has 8 heteroatoms. The Labute approximate surface area is 143 Å². The highest BCUT2D eigenvalue weighted by atomic mass is 32.2. The van der Waals surface area contributed by atoms with Crippen LogP contribution in [0.5, 0.6) is 0 Å². The molecule has 1 fully saturated rings. The molecule has 1 aliphatic rings. The van der Waals surface area contributed by atoms with Gasteiger partial charge < -0.3 is 5.32 Å². The van der Waals surface area contributed by atoms with Crippen molar-refractivity contribution in [1.82, 2.24) is 19.6 Å². The van der Waals surface area contributed by atoms with Crippen molar-refractivity contribution in [3.05, 3.63) is 23.8 Å². The fourth-order valence-corrected chi connectivity index (χ4v) is 4.18. The van der Waals surface area contributed by atoms with Crippen LogP contribution in [0.3, 0.4) is 0 Å². The Hall–Kier alpha value is -1.54. The topological polar surface area (TPSA) is 92.3 Å². The quantitative estimate of drug-likeness (QED) is 0.881. The summed E-state index contributed by atoms with van der Waals surface area (Å²) in [5.41, 5.74) is 1.21. The number of hydrogen-bond acceptors (Lipinski definition) is 5. The van der Waals surface area contributed by atoms with Crippen LogP contribution in [0.1, 0.15) is 56.6 Å². The average molecular weight is 354 g/mol. The molecule has 0 aromatic carbocycles. The van der Waals surface area contributed by atoms with Crippen LogP contribution in [0.2, 0.25) is 0 Å². The Balaban J connectivity index is 1.97. The van der Waals surface area contributed by atoms with Crippen molar-refractivity contribution < 1.29 is 13.2 Å². The molecule has 1 aromatic heterocycles. The molecule has 24 heavy (non-hydrogen) atoms. The van der Waals surface area contributed by atoms with Crippen molar-refractivity contribution in [2.24, 2.45) is 0 Å². The molecule has 0 aliphatic carbocycles. The molecule has 1 aromatic rings. The van der Waals surface area contributed by atoms with Crippen LogP contribution in [-0.2, 0) is 16.4 Å². The first kappa shape index (κ1) is 18.8. The van der Waals surface area contributed by atoms with Gasteiger partial charge in [-0.1, -0.05) is 6.92 Å². The van der Waals surface area contributed by atoms with Gasteiger partial charge in [-0.15, -0.1) is 0 Å². The van der Waals surface area contributed by atoms with Crippen molar-refractivity contribution >= 4 is 15.9 Å². The van der Waals surface area contributed by atoms with Crippen molar-refractivity contribution in [1.29, 1.82) is 0 Å². The number of amides is 1. The number of sulfonamides is 1. The van der Waals surface area contributed by atoms with E-state index in [4.69, 9.17) is 0 Å². The molecule has 1 saturated heterocycles. The minimum absolute atomic E-state index is 0.0335. The first-order chi connectivity index (χ1) is 11.2. The lowest BCUT2D eigenvalue weighted by molar-refractivity contribution is 0.0921. The molecule has 0 saturated carbocycles. The van der Waals surface area contributed by atoms with Crippen LogP contribution in [0.4, 0.5) is 0 Å². The molecular weight excluding hydrogens is 328 g/mol. The maximum atomic E-state index is 12.5. The Bertz CT molecular complexity index is 690. The van der Waals surface area contributed by atoms with E-state index in [1.54, 1.807) is 20.8 Å². The van der Waals surface area contributed by atoms with Crippen molar-refractivity contribution in [2.45, 2.75) is 57.7 Å². The Kier molecular flexibility index (Phi) is 5.59. The summed E-state index contributed by atoms with van der Waals surface area (Å²) in [5.74, 6) is -0.190. The van der Waals surface area contributed by atoms with Gasteiger partial charge in [-0.2, -0.15) is 0 Å². The highest BCUT2D eigenvalue weighted by Crippen LogP contribution is 2.24. The third kappa shape index (κ3) is 3.92. The summed E-state index contributed by atoms with van der Waals surface area (Å²) >= 11 is 0. The first-order valence-electron chi connectivity index (χ1n) is 8.26. The van der Waals surface area contributed by atoms with Gasteiger partial charge in [-0.3, -0.25) is 4.79 Å². The minimum atomic E-state index is -3.31. The van der Waals surface area contributed by atoms with Gasteiger partial charge in [0.25, 0.3) is 5.91 Å². The van der Waals surface area contributed by atoms with E-state index in [1.165, 1.54) is 16.8 Å². The third-order valence-corrected chi connectivity index (χ3v) is 6.87. The maximum absolute atomic E-state index is 12.5. The number of hydrogen-bond donors (Lipinski definition) is 1. The number of aromatic nitrogens is 2. The van der Waals surface area contributed by atoms with Crippen LogP contribution in [-0.4, -0.2) is 52.5 Å². The molecule has 134 valence electrons. The molecule has 0 bridgehead atoms. The fraction of sp³-hybridized carbons (Fsp3) is 0.688. The predicted octanol–water partition coefficient (Wildman–Crippen LogP) is 1.36. The van der Waals surface area contributed by atoms with Gasteiger partial charge in [-0.05, 0) is 40.0 Å². The van der Waals surface area contributed by atoms with Crippen molar-refractivity contribution in [2.75, 3.05) is 13.1 Å². The second-order valence-corrected chi connectivity index (χ2v) is 9.69. The summed E-state index contributed by atoms with van der Waals surface area (Å²) in [4.78, 5) is 20.4. The largest absolute Gasteiger partial charge is 0.349 e. The zero-order valence-electron chi connectivity index (χ0n) is 14.7. The van der Waals surface area contributed by atoms with E-state index in [9.17, 15) is 13.2 Å². The number of piperidine rings is 1. The fourth-order valence-electron chi connectivity index (χ4n) is 2.72. The first-order valence-corrected chi connectivity index (χ1v) is 9.70. The molecule has 2 heterocycles. The lowest BCUT2D eigenvalue weighted by atomic mass is 10.1. The molecule has 0 spiro atoms. The zero-order valence-corrected chi connectivity index (χ0v) is 15.6. The molecule has 0 unspecified atom stereocenters. The molecular formula is C16H26N4O3S. The second-order valence-electron chi connectivity index (χ2n) is 7.00. The molecule has 1 N–H and O–H groups in total. The number of aryl methyl sites for hydroxylation is 1. The SMILES string of the molecule is CCc1ncncc1C(=O)NC1CCN(S(=O)(=O)C(C)(C)C)CC1. The molecule has 1 aliphatic heterocycles. The van der Waals surface area contributed by atoms with E-state index in [0.717, 1.165) is 5.69 Å². The Morgan fingerprint density at radius 2 is 1.96 bits per heavy atom. The van der Waals surface area contributed by atoms with Gasteiger partial charge >= 0.3 is 0 Å². The summed E-state index contributed by atoms with van der Waals surface area (Å²) < 4.78 is 25.6. The molecule has 1 amide bonds. The maximum Gasteiger partial charge on any atom is 0.254 e. The molecule has 2 rings (SSSR count). The highest BCUT2D eigenvalue weighted by molar-refractivity contribution is 7.90. The Morgan fingerprint density at radius 1 is 1.33 bits per heavy atom. The number of nitrogens with one attached hydrogen (secondary N) is 1. The number of rotatable bonds is 4. The number of nitrogens with zero attached hydrogens (tertiary/aromatic N) is 3. The summed E-state index contributed by atoms with van der Waals surface area (Å²) in [6, 6.07) is -0.0335.